The summed E-state index contributed by atoms with van der Waals surface area (Å²) >= 11 is 12.5. The van der Waals surface area contributed by atoms with E-state index < -0.39 is 0 Å². The third-order valence-electron chi connectivity index (χ3n) is 3.64. The van der Waals surface area contributed by atoms with E-state index in [9.17, 15) is 0 Å². The number of allylic oxidation sites excluding steroid dienone is 5. The van der Waals surface area contributed by atoms with Crippen molar-refractivity contribution < 1.29 is 4.74 Å². The Balaban J connectivity index is 2.07. The van der Waals surface area contributed by atoms with Gasteiger partial charge in [0.05, 0.1) is 5.76 Å². The molecule has 2 rings (SSSR count). The minimum atomic E-state index is 0.462. The van der Waals surface area contributed by atoms with Gasteiger partial charge in [0.2, 0.25) is 0 Å². The molecule has 0 spiro atoms. The van der Waals surface area contributed by atoms with Crippen molar-refractivity contribution in [3.63, 3.8) is 0 Å². The van der Waals surface area contributed by atoms with Crippen molar-refractivity contribution in [3.05, 3.63) is 64.4 Å². The largest absolute Gasteiger partial charge is 0.497 e. The standard InChI is InChI=1S/C18H21Cl2NO/c1-3-14(18-16(19)7-4-8-17(18)20)10-9-13(2)22-12-15-6-5-11-21-15/h3-4,7-10,15,21H,1,5-6,11-12H2,2H3/b13-9+,14-10+. The van der Waals surface area contributed by atoms with Gasteiger partial charge in [-0.3, -0.25) is 0 Å². The molecular formula is C18H21Cl2NO. The van der Waals surface area contributed by atoms with Crippen LogP contribution < -0.4 is 5.32 Å². The molecule has 0 radical (unpaired) electrons. The van der Waals surface area contributed by atoms with Crippen LogP contribution in [0.25, 0.3) is 5.57 Å². The molecule has 118 valence electrons. The van der Waals surface area contributed by atoms with Crippen LogP contribution in [0.4, 0.5) is 0 Å². The summed E-state index contributed by atoms with van der Waals surface area (Å²) in [4.78, 5) is 0. The van der Waals surface area contributed by atoms with E-state index in [1.165, 1.54) is 12.8 Å². The van der Waals surface area contributed by atoms with E-state index in [1.54, 1.807) is 6.08 Å². The molecule has 1 saturated heterocycles. The zero-order valence-electron chi connectivity index (χ0n) is 12.7. The molecule has 0 bridgehead atoms. The van der Waals surface area contributed by atoms with Crippen molar-refractivity contribution in [2.24, 2.45) is 0 Å². The quantitative estimate of drug-likeness (QED) is 0.566. The SMILES string of the molecule is C=C/C(=C\C=C(/C)OCC1CCCN1)c1c(Cl)cccc1Cl. The zero-order chi connectivity index (χ0) is 15.9. The molecule has 1 heterocycles. The average molecular weight is 338 g/mol. The van der Waals surface area contributed by atoms with Gasteiger partial charge in [0.1, 0.15) is 6.61 Å². The lowest BCUT2D eigenvalue weighted by Gasteiger charge is -2.12. The normalized spacial score (nSPS) is 19.3. The lowest BCUT2D eigenvalue weighted by Crippen LogP contribution is -2.26. The first kappa shape index (κ1) is 17.1. The second kappa shape index (κ2) is 8.42. The summed E-state index contributed by atoms with van der Waals surface area (Å²) in [6.45, 7) is 7.57. The molecule has 1 fully saturated rings. The maximum Gasteiger partial charge on any atom is 0.103 e. The predicted molar refractivity (Wildman–Crippen MR) is 95.4 cm³/mol. The molecule has 1 unspecified atom stereocenters. The van der Waals surface area contributed by atoms with Crippen LogP contribution in [-0.4, -0.2) is 19.2 Å². The number of hydrogen-bond donors (Lipinski definition) is 1. The van der Waals surface area contributed by atoms with Crippen LogP contribution in [0.3, 0.4) is 0 Å². The Hall–Kier alpha value is -1.22. The van der Waals surface area contributed by atoms with E-state index in [2.05, 4.69) is 11.9 Å². The highest BCUT2D eigenvalue weighted by Crippen LogP contribution is 2.31. The minimum Gasteiger partial charge on any atom is -0.497 e. The second-order valence-corrected chi connectivity index (χ2v) is 6.12. The molecule has 4 heteroatoms. The fourth-order valence-electron chi connectivity index (χ4n) is 2.41. The molecule has 0 saturated carbocycles. The zero-order valence-corrected chi connectivity index (χ0v) is 14.3. The average Bonchev–Trinajstić information content (AvgIpc) is 3.01. The number of rotatable bonds is 6. The smallest absolute Gasteiger partial charge is 0.103 e. The molecule has 0 amide bonds. The first-order chi connectivity index (χ1) is 10.6. The van der Waals surface area contributed by atoms with E-state index in [-0.39, 0.29) is 0 Å². The van der Waals surface area contributed by atoms with Gasteiger partial charge in [-0.05, 0) is 50.1 Å². The van der Waals surface area contributed by atoms with Gasteiger partial charge < -0.3 is 10.1 Å². The molecule has 1 atom stereocenters. The fourth-order valence-corrected chi connectivity index (χ4v) is 3.03. The molecule has 22 heavy (non-hydrogen) atoms. The van der Waals surface area contributed by atoms with Crippen molar-refractivity contribution in [1.82, 2.24) is 5.32 Å². The number of nitrogens with one attached hydrogen (secondary N) is 1. The lowest BCUT2D eigenvalue weighted by atomic mass is 10.1. The highest BCUT2D eigenvalue weighted by molar-refractivity contribution is 6.37. The van der Waals surface area contributed by atoms with Gasteiger partial charge in [-0.2, -0.15) is 0 Å². The molecular weight excluding hydrogens is 317 g/mol. The molecule has 1 aromatic rings. The first-order valence-corrected chi connectivity index (χ1v) is 8.19. The van der Waals surface area contributed by atoms with Crippen LogP contribution >= 0.6 is 23.2 Å². The van der Waals surface area contributed by atoms with Gasteiger partial charge in [0.15, 0.2) is 0 Å². The summed E-state index contributed by atoms with van der Waals surface area (Å²) < 4.78 is 5.77. The van der Waals surface area contributed by atoms with Crippen LogP contribution in [0.5, 0.6) is 0 Å². The van der Waals surface area contributed by atoms with Gasteiger partial charge in [0.25, 0.3) is 0 Å². The number of halogens is 2. The van der Waals surface area contributed by atoms with Crippen molar-refractivity contribution in [3.8, 4) is 0 Å². The second-order valence-electron chi connectivity index (χ2n) is 5.30. The summed E-state index contributed by atoms with van der Waals surface area (Å²) in [7, 11) is 0. The van der Waals surface area contributed by atoms with E-state index >= 15 is 0 Å². The summed E-state index contributed by atoms with van der Waals surface area (Å²) in [6, 6.07) is 5.93. The fraction of sp³-hybridized carbons (Fsp3) is 0.333. The summed E-state index contributed by atoms with van der Waals surface area (Å²) in [6.07, 6.45) is 8.00. The number of ether oxygens (including phenoxy) is 1. The molecule has 1 aliphatic rings. The topological polar surface area (TPSA) is 21.3 Å². The molecule has 1 N–H and O–H groups in total. The van der Waals surface area contributed by atoms with E-state index in [1.807, 2.05) is 37.3 Å². The number of benzene rings is 1. The molecule has 1 aromatic carbocycles. The molecule has 0 aliphatic carbocycles. The Morgan fingerprint density at radius 1 is 1.36 bits per heavy atom. The summed E-state index contributed by atoms with van der Waals surface area (Å²) in [5.74, 6) is 0.858. The molecule has 2 nitrogen and oxygen atoms in total. The summed E-state index contributed by atoms with van der Waals surface area (Å²) in [5, 5.41) is 4.63. The maximum atomic E-state index is 6.23. The summed E-state index contributed by atoms with van der Waals surface area (Å²) in [5.41, 5.74) is 1.67. The lowest BCUT2D eigenvalue weighted by molar-refractivity contribution is 0.188. The minimum absolute atomic E-state index is 0.462. The van der Waals surface area contributed by atoms with Crippen LogP contribution in [0.1, 0.15) is 25.3 Å². The van der Waals surface area contributed by atoms with Gasteiger partial charge in [-0.15, -0.1) is 0 Å². The molecule has 1 aliphatic heterocycles. The van der Waals surface area contributed by atoms with Crippen LogP contribution in [0, 0.1) is 0 Å². The monoisotopic (exact) mass is 337 g/mol. The Bertz CT molecular complexity index is 566. The van der Waals surface area contributed by atoms with Crippen molar-refractivity contribution in [2.45, 2.75) is 25.8 Å². The Morgan fingerprint density at radius 3 is 2.68 bits per heavy atom. The van der Waals surface area contributed by atoms with Crippen LogP contribution in [-0.2, 0) is 4.74 Å². The first-order valence-electron chi connectivity index (χ1n) is 7.43. The van der Waals surface area contributed by atoms with E-state index in [0.29, 0.717) is 22.7 Å². The van der Waals surface area contributed by atoms with E-state index in [4.69, 9.17) is 27.9 Å². The van der Waals surface area contributed by atoms with Crippen LogP contribution in [0.2, 0.25) is 10.0 Å². The Kier molecular flexibility index (Phi) is 6.56. The molecule has 0 aromatic heterocycles. The van der Waals surface area contributed by atoms with Gasteiger partial charge in [-0.25, -0.2) is 0 Å². The Labute approximate surface area is 142 Å². The maximum absolute atomic E-state index is 6.23. The van der Waals surface area contributed by atoms with Gasteiger partial charge in [0, 0.05) is 21.7 Å². The third-order valence-corrected chi connectivity index (χ3v) is 4.27. The van der Waals surface area contributed by atoms with Gasteiger partial charge in [-0.1, -0.05) is 48.0 Å². The van der Waals surface area contributed by atoms with Crippen molar-refractivity contribution in [1.29, 1.82) is 0 Å². The van der Waals surface area contributed by atoms with Crippen molar-refractivity contribution >= 4 is 28.8 Å². The Morgan fingerprint density at radius 2 is 2.09 bits per heavy atom. The highest BCUT2D eigenvalue weighted by Gasteiger charge is 2.14. The highest BCUT2D eigenvalue weighted by atomic mass is 35.5. The third kappa shape index (κ3) is 4.64. The predicted octanol–water partition coefficient (Wildman–Crippen LogP) is 5.24. The number of hydrogen-bond acceptors (Lipinski definition) is 2. The van der Waals surface area contributed by atoms with Gasteiger partial charge >= 0.3 is 0 Å². The van der Waals surface area contributed by atoms with Crippen molar-refractivity contribution in [2.75, 3.05) is 13.2 Å². The van der Waals surface area contributed by atoms with E-state index in [0.717, 1.165) is 23.4 Å². The van der Waals surface area contributed by atoms with Crippen LogP contribution in [0.15, 0.2) is 48.8 Å².